The maximum atomic E-state index is 12.6. The molecule has 3 atom stereocenters. The standard InChI is InChI=1S/C21H23N5O3S2/c1-3-4-7-28-15-5-6-16(23-9-15)18(27)24-17-11-30-19(25-17)21-12-29-13(2)8-14(21)10-31-20(22)26-21/h5-6,9,11,13-14H,7-8,10,12H2,1-2H3,(H2,22,26)(H,24,27). The van der Waals surface area contributed by atoms with Crippen LogP contribution in [-0.2, 0) is 10.3 Å². The summed E-state index contributed by atoms with van der Waals surface area (Å²) in [5.74, 6) is 7.40. The molecule has 1 fully saturated rings. The second kappa shape index (κ2) is 9.26. The van der Waals surface area contributed by atoms with E-state index < -0.39 is 5.54 Å². The van der Waals surface area contributed by atoms with Gasteiger partial charge < -0.3 is 20.5 Å². The molecular weight excluding hydrogens is 434 g/mol. The van der Waals surface area contributed by atoms with Crippen LogP contribution in [0.4, 0.5) is 5.82 Å². The molecule has 10 heteroatoms. The highest BCUT2D eigenvalue weighted by Crippen LogP contribution is 2.47. The number of nitrogens with zero attached hydrogens (tertiary/aromatic N) is 3. The minimum Gasteiger partial charge on any atom is -0.479 e. The molecule has 162 valence electrons. The Bertz CT molecular complexity index is 1040. The van der Waals surface area contributed by atoms with Crippen LogP contribution in [0, 0.1) is 17.8 Å². The van der Waals surface area contributed by atoms with E-state index in [9.17, 15) is 4.79 Å². The molecular formula is C21H23N5O3S2. The summed E-state index contributed by atoms with van der Waals surface area (Å²) in [6.07, 6.45) is 2.58. The number of nitrogens with one attached hydrogen (secondary N) is 1. The van der Waals surface area contributed by atoms with Gasteiger partial charge in [-0.05, 0) is 32.4 Å². The van der Waals surface area contributed by atoms with Gasteiger partial charge in [0, 0.05) is 17.1 Å². The van der Waals surface area contributed by atoms with Crippen molar-refractivity contribution in [3.05, 3.63) is 34.4 Å². The molecule has 4 rings (SSSR count). The number of hydrogen-bond donors (Lipinski definition) is 2. The third-order valence-electron chi connectivity index (χ3n) is 5.19. The predicted octanol–water partition coefficient (Wildman–Crippen LogP) is 2.87. The average Bonchev–Trinajstić information content (AvgIpc) is 3.24. The molecule has 0 radical (unpaired) electrons. The van der Waals surface area contributed by atoms with Gasteiger partial charge in [0.1, 0.15) is 34.4 Å². The Labute approximate surface area is 189 Å². The van der Waals surface area contributed by atoms with Gasteiger partial charge in [-0.1, -0.05) is 17.7 Å². The third kappa shape index (κ3) is 4.69. The topological polar surface area (TPSA) is 112 Å². The van der Waals surface area contributed by atoms with Gasteiger partial charge in [0.2, 0.25) is 0 Å². The third-order valence-corrected chi connectivity index (χ3v) is 7.16. The Morgan fingerprint density at radius 2 is 2.35 bits per heavy atom. The summed E-state index contributed by atoms with van der Waals surface area (Å²) >= 11 is 3.03. The van der Waals surface area contributed by atoms with E-state index in [4.69, 9.17) is 20.2 Å². The van der Waals surface area contributed by atoms with Crippen molar-refractivity contribution in [2.75, 3.05) is 24.3 Å². The summed E-state index contributed by atoms with van der Waals surface area (Å²) in [7, 11) is 0. The number of aromatic nitrogens is 2. The fourth-order valence-electron chi connectivity index (χ4n) is 3.58. The zero-order valence-corrected chi connectivity index (χ0v) is 18.9. The van der Waals surface area contributed by atoms with Crippen molar-refractivity contribution in [3.8, 4) is 17.6 Å². The maximum Gasteiger partial charge on any atom is 0.275 e. The van der Waals surface area contributed by atoms with Crippen molar-refractivity contribution in [2.45, 2.75) is 31.9 Å². The lowest BCUT2D eigenvalue weighted by Crippen LogP contribution is -2.49. The smallest absolute Gasteiger partial charge is 0.275 e. The lowest BCUT2D eigenvalue weighted by molar-refractivity contribution is -0.0466. The molecule has 2 aromatic heterocycles. The molecule has 2 aliphatic heterocycles. The lowest BCUT2D eigenvalue weighted by atomic mass is 9.80. The average molecular weight is 458 g/mol. The summed E-state index contributed by atoms with van der Waals surface area (Å²) in [6.45, 7) is 4.54. The molecule has 8 nitrogen and oxygen atoms in total. The molecule has 1 amide bonds. The van der Waals surface area contributed by atoms with Crippen LogP contribution >= 0.6 is 23.1 Å². The summed E-state index contributed by atoms with van der Waals surface area (Å²) in [5, 5.41) is 5.97. The number of amidine groups is 1. The molecule has 1 saturated heterocycles. The first-order chi connectivity index (χ1) is 15.0. The van der Waals surface area contributed by atoms with Crippen molar-refractivity contribution in [2.24, 2.45) is 16.6 Å². The van der Waals surface area contributed by atoms with E-state index in [0.29, 0.717) is 23.3 Å². The lowest BCUT2D eigenvalue weighted by Gasteiger charge is -2.44. The minimum absolute atomic E-state index is 0.180. The van der Waals surface area contributed by atoms with Crippen molar-refractivity contribution >= 4 is 40.0 Å². The van der Waals surface area contributed by atoms with Crippen LogP contribution in [-0.4, -0.2) is 46.1 Å². The molecule has 4 heterocycles. The van der Waals surface area contributed by atoms with Crippen LogP contribution in [0.1, 0.15) is 35.8 Å². The Morgan fingerprint density at radius 1 is 1.48 bits per heavy atom. The Hall–Kier alpha value is -2.61. The van der Waals surface area contributed by atoms with Gasteiger partial charge in [0.25, 0.3) is 5.91 Å². The SMILES string of the molecule is CC#CCOc1ccc(C(=O)Nc2csc(C34COC(C)CC3CSC(N)=N4)n2)nc1. The number of anilines is 1. The van der Waals surface area contributed by atoms with Crippen LogP contribution in [0.2, 0.25) is 0 Å². The fourth-order valence-corrected chi connectivity index (χ4v) is 5.55. The summed E-state index contributed by atoms with van der Waals surface area (Å²) < 4.78 is 11.4. The van der Waals surface area contributed by atoms with Crippen LogP contribution in [0.25, 0.3) is 0 Å². The minimum atomic E-state index is -0.589. The second-order valence-corrected chi connectivity index (χ2v) is 9.22. The number of thiazole rings is 1. The normalized spacial score (nSPS) is 24.9. The van der Waals surface area contributed by atoms with Crippen LogP contribution in [0.5, 0.6) is 5.75 Å². The first-order valence-electron chi connectivity index (χ1n) is 9.85. The highest BCUT2D eigenvalue weighted by Gasteiger charge is 2.49. The molecule has 0 saturated carbocycles. The largest absolute Gasteiger partial charge is 0.479 e. The molecule has 0 bridgehead atoms. The van der Waals surface area contributed by atoms with Gasteiger partial charge in [-0.2, -0.15) is 0 Å². The molecule has 31 heavy (non-hydrogen) atoms. The van der Waals surface area contributed by atoms with Gasteiger partial charge in [-0.15, -0.1) is 17.3 Å². The van der Waals surface area contributed by atoms with Crippen molar-refractivity contribution in [1.29, 1.82) is 0 Å². The highest BCUT2D eigenvalue weighted by molar-refractivity contribution is 8.13. The van der Waals surface area contributed by atoms with E-state index in [-0.39, 0.29) is 30.2 Å². The predicted molar refractivity (Wildman–Crippen MR) is 123 cm³/mol. The first kappa shape index (κ1) is 21.6. The summed E-state index contributed by atoms with van der Waals surface area (Å²) in [4.78, 5) is 26.2. The second-order valence-electron chi connectivity index (χ2n) is 7.33. The van der Waals surface area contributed by atoms with Crippen molar-refractivity contribution < 1.29 is 14.3 Å². The quantitative estimate of drug-likeness (QED) is 0.664. The number of thioether (sulfide) groups is 1. The van der Waals surface area contributed by atoms with Crippen LogP contribution < -0.4 is 15.8 Å². The Kier molecular flexibility index (Phi) is 6.46. The Balaban J connectivity index is 1.48. The number of nitrogens with two attached hydrogens (primary N) is 1. The number of hydrogen-bond acceptors (Lipinski definition) is 9. The molecule has 2 aromatic rings. The molecule has 2 aliphatic rings. The molecule has 0 spiro atoms. The monoisotopic (exact) mass is 457 g/mol. The number of fused-ring (bicyclic) bond motifs is 1. The Morgan fingerprint density at radius 3 is 3.13 bits per heavy atom. The van der Waals surface area contributed by atoms with E-state index in [2.05, 4.69) is 34.0 Å². The zero-order valence-electron chi connectivity index (χ0n) is 17.3. The van der Waals surface area contributed by atoms with Crippen LogP contribution in [0.3, 0.4) is 0 Å². The van der Waals surface area contributed by atoms with Crippen molar-refractivity contribution in [1.82, 2.24) is 9.97 Å². The number of ether oxygens (including phenoxy) is 2. The number of rotatable bonds is 5. The molecule has 0 aromatic carbocycles. The van der Waals surface area contributed by atoms with E-state index >= 15 is 0 Å². The number of aliphatic imine (C=N–C) groups is 1. The maximum absolute atomic E-state index is 12.6. The number of carbonyl (C=O) groups is 1. The number of carbonyl (C=O) groups excluding carboxylic acids is 1. The molecule has 3 unspecified atom stereocenters. The van der Waals surface area contributed by atoms with Gasteiger partial charge in [-0.3, -0.25) is 4.79 Å². The summed E-state index contributed by atoms with van der Waals surface area (Å²) in [6, 6.07) is 3.29. The molecule has 0 aliphatic carbocycles. The fraction of sp³-hybridized carbons (Fsp3) is 0.429. The number of pyridine rings is 1. The van der Waals surface area contributed by atoms with Gasteiger partial charge in [0.05, 0.1) is 18.9 Å². The van der Waals surface area contributed by atoms with Crippen molar-refractivity contribution in [3.63, 3.8) is 0 Å². The number of amides is 1. The van der Waals surface area contributed by atoms with Gasteiger partial charge in [0.15, 0.2) is 5.17 Å². The van der Waals surface area contributed by atoms with E-state index in [1.54, 1.807) is 30.8 Å². The molecule has 3 N–H and O–H groups in total. The highest BCUT2D eigenvalue weighted by atomic mass is 32.2. The van der Waals surface area contributed by atoms with E-state index in [1.165, 1.54) is 17.5 Å². The van der Waals surface area contributed by atoms with E-state index in [0.717, 1.165) is 17.2 Å². The van der Waals surface area contributed by atoms with Crippen LogP contribution in [0.15, 0.2) is 28.7 Å². The van der Waals surface area contributed by atoms with E-state index in [1.807, 2.05) is 5.38 Å². The summed E-state index contributed by atoms with van der Waals surface area (Å²) in [5.41, 5.74) is 5.73. The van der Waals surface area contributed by atoms with Gasteiger partial charge in [-0.25, -0.2) is 15.0 Å². The zero-order chi connectivity index (χ0) is 21.8. The van der Waals surface area contributed by atoms with Gasteiger partial charge >= 0.3 is 0 Å². The first-order valence-corrected chi connectivity index (χ1v) is 11.7.